The molecule has 1 heterocycles. The number of nitrogens with zero attached hydrogens (tertiary/aromatic N) is 2. The summed E-state index contributed by atoms with van der Waals surface area (Å²) in [6, 6.07) is 7.43. The highest BCUT2D eigenvalue weighted by atomic mass is 16.5. The zero-order valence-corrected chi connectivity index (χ0v) is 10.0. The maximum absolute atomic E-state index is 5.78. The summed E-state index contributed by atoms with van der Waals surface area (Å²) in [5.41, 5.74) is 6.42. The van der Waals surface area contributed by atoms with E-state index in [1.165, 1.54) is 12.8 Å². The molecule has 0 saturated heterocycles. The lowest BCUT2D eigenvalue weighted by atomic mass is 10.3. The molecule has 0 aliphatic heterocycles. The third-order valence-electron chi connectivity index (χ3n) is 2.90. The van der Waals surface area contributed by atoms with Gasteiger partial charge >= 0.3 is 0 Å². The second-order valence-corrected chi connectivity index (χ2v) is 4.44. The van der Waals surface area contributed by atoms with Crippen LogP contribution in [0.1, 0.15) is 30.5 Å². The summed E-state index contributed by atoms with van der Waals surface area (Å²) in [5.74, 6) is 2.59. The summed E-state index contributed by atoms with van der Waals surface area (Å²) in [4.78, 5) is 0. The Morgan fingerprint density at radius 1 is 1.28 bits per heavy atom. The van der Waals surface area contributed by atoms with Gasteiger partial charge in [-0.05, 0) is 25.0 Å². The van der Waals surface area contributed by atoms with Crippen LogP contribution in [-0.4, -0.2) is 16.8 Å². The molecule has 5 heteroatoms. The number of rotatable bonds is 5. The van der Waals surface area contributed by atoms with Crippen LogP contribution in [0.2, 0.25) is 0 Å². The Bertz CT molecular complexity index is 535. The Labute approximate surface area is 105 Å². The molecule has 3 rings (SSSR count). The molecule has 5 nitrogen and oxygen atoms in total. The third kappa shape index (κ3) is 2.45. The number of benzene rings is 1. The molecule has 2 N–H and O–H groups in total. The quantitative estimate of drug-likeness (QED) is 0.817. The second kappa shape index (κ2) is 4.68. The van der Waals surface area contributed by atoms with Crippen LogP contribution in [0.15, 0.2) is 28.7 Å². The average Bonchev–Trinajstić information content (AvgIpc) is 3.12. The lowest BCUT2D eigenvalue weighted by molar-refractivity contribution is 0.305. The molecular formula is C13H15N3O2. The van der Waals surface area contributed by atoms with Gasteiger partial charge in [-0.15, -0.1) is 10.2 Å². The fourth-order valence-corrected chi connectivity index (χ4v) is 1.72. The fraction of sp³-hybridized carbons (Fsp3) is 0.385. The van der Waals surface area contributed by atoms with Crippen molar-refractivity contribution in [2.45, 2.75) is 25.2 Å². The molecule has 0 unspecified atom stereocenters. The van der Waals surface area contributed by atoms with E-state index in [0.29, 0.717) is 36.3 Å². The number of hydrogen-bond acceptors (Lipinski definition) is 5. The van der Waals surface area contributed by atoms with Crippen LogP contribution >= 0.6 is 0 Å². The number of hydrogen-bond donors (Lipinski definition) is 1. The van der Waals surface area contributed by atoms with Crippen LogP contribution in [0.25, 0.3) is 0 Å². The minimum Gasteiger partial charge on any atom is -0.491 e. The predicted octanol–water partition coefficient (Wildman–Crippen LogP) is 2.15. The molecule has 1 aromatic carbocycles. The van der Waals surface area contributed by atoms with Gasteiger partial charge in [-0.1, -0.05) is 12.1 Å². The van der Waals surface area contributed by atoms with Crippen LogP contribution in [-0.2, 0) is 6.42 Å². The van der Waals surface area contributed by atoms with Crippen LogP contribution in [0.3, 0.4) is 0 Å². The molecule has 1 fully saturated rings. The van der Waals surface area contributed by atoms with Crippen LogP contribution in [0.5, 0.6) is 5.75 Å². The van der Waals surface area contributed by atoms with Crippen molar-refractivity contribution >= 4 is 5.69 Å². The number of para-hydroxylation sites is 2. The van der Waals surface area contributed by atoms with E-state index < -0.39 is 0 Å². The van der Waals surface area contributed by atoms with Crippen molar-refractivity contribution in [2.75, 3.05) is 12.3 Å². The Morgan fingerprint density at radius 3 is 2.89 bits per heavy atom. The van der Waals surface area contributed by atoms with E-state index in [9.17, 15) is 0 Å². The van der Waals surface area contributed by atoms with Crippen LogP contribution < -0.4 is 10.5 Å². The van der Waals surface area contributed by atoms with Crippen molar-refractivity contribution < 1.29 is 9.15 Å². The van der Waals surface area contributed by atoms with E-state index in [4.69, 9.17) is 14.9 Å². The molecule has 0 amide bonds. The first-order valence-corrected chi connectivity index (χ1v) is 6.12. The minimum atomic E-state index is 0.487. The fourth-order valence-electron chi connectivity index (χ4n) is 1.72. The van der Waals surface area contributed by atoms with Gasteiger partial charge in [0, 0.05) is 5.92 Å². The molecule has 0 bridgehead atoms. The highest BCUT2D eigenvalue weighted by Gasteiger charge is 2.29. The Hall–Kier alpha value is -2.04. The maximum atomic E-state index is 5.78. The van der Waals surface area contributed by atoms with Crippen molar-refractivity contribution in [3.63, 3.8) is 0 Å². The molecule has 18 heavy (non-hydrogen) atoms. The van der Waals surface area contributed by atoms with Gasteiger partial charge in [0.05, 0.1) is 18.7 Å². The molecule has 0 radical (unpaired) electrons. The first-order valence-electron chi connectivity index (χ1n) is 6.12. The summed E-state index contributed by atoms with van der Waals surface area (Å²) in [6.45, 7) is 0.487. The smallest absolute Gasteiger partial charge is 0.219 e. The molecule has 1 aromatic heterocycles. The topological polar surface area (TPSA) is 74.2 Å². The normalized spacial score (nSPS) is 14.7. The third-order valence-corrected chi connectivity index (χ3v) is 2.90. The Morgan fingerprint density at radius 2 is 2.11 bits per heavy atom. The largest absolute Gasteiger partial charge is 0.491 e. The van der Waals surface area contributed by atoms with Crippen molar-refractivity contribution in [2.24, 2.45) is 0 Å². The molecule has 0 spiro atoms. The van der Waals surface area contributed by atoms with Gasteiger partial charge in [0.15, 0.2) is 0 Å². The summed E-state index contributed by atoms with van der Waals surface area (Å²) in [7, 11) is 0. The molecule has 2 aromatic rings. The molecule has 1 aliphatic carbocycles. The van der Waals surface area contributed by atoms with Crippen LogP contribution in [0, 0.1) is 0 Å². The minimum absolute atomic E-state index is 0.487. The van der Waals surface area contributed by atoms with Gasteiger partial charge in [0.25, 0.3) is 0 Å². The van der Waals surface area contributed by atoms with E-state index >= 15 is 0 Å². The monoisotopic (exact) mass is 245 g/mol. The van der Waals surface area contributed by atoms with Gasteiger partial charge in [0.2, 0.25) is 11.8 Å². The van der Waals surface area contributed by atoms with Crippen LogP contribution in [0.4, 0.5) is 5.69 Å². The number of nitrogen functional groups attached to an aromatic ring is 1. The first kappa shape index (κ1) is 11.1. The second-order valence-electron chi connectivity index (χ2n) is 4.44. The zero-order chi connectivity index (χ0) is 12.4. The zero-order valence-electron chi connectivity index (χ0n) is 10.0. The molecule has 94 valence electrons. The maximum Gasteiger partial charge on any atom is 0.219 e. The summed E-state index contributed by atoms with van der Waals surface area (Å²) in [5, 5.41) is 8.03. The van der Waals surface area contributed by atoms with Gasteiger partial charge in [-0.3, -0.25) is 0 Å². The predicted molar refractivity (Wildman–Crippen MR) is 66.3 cm³/mol. The Balaban J connectivity index is 1.53. The molecule has 1 aliphatic rings. The highest BCUT2D eigenvalue weighted by molar-refractivity contribution is 5.51. The summed E-state index contributed by atoms with van der Waals surface area (Å²) in [6.07, 6.45) is 2.94. The van der Waals surface area contributed by atoms with Gasteiger partial charge in [-0.25, -0.2) is 0 Å². The van der Waals surface area contributed by atoms with Crippen molar-refractivity contribution in [1.29, 1.82) is 0 Å². The standard InChI is InChI=1S/C13H15N3O2/c14-10-3-1-2-4-11(10)17-8-7-12-15-16-13(18-12)9-5-6-9/h1-4,9H,5-8,14H2. The van der Waals surface area contributed by atoms with Crippen molar-refractivity contribution in [3.05, 3.63) is 36.0 Å². The SMILES string of the molecule is Nc1ccccc1OCCc1nnc(C2CC2)o1. The lowest BCUT2D eigenvalue weighted by Gasteiger charge is -2.06. The lowest BCUT2D eigenvalue weighted by Crippen LogP contribution is -2.03. The van der Waals surface area contributed by atoms with Gasteiger partial charge < -0.3 is 14.9 Å². The van der Waals surface area contributed by atoms with Crippen molar-refractivity contribution in [3.8, 4) is 5.75 Å². The average molecular weight is 245 g/mol. The van der Waals surface area contributed by atoms with Gasteiger partial charge in [-0.2, -0.15) is 0 Å². The number of ether oxygens (including phenoxy) is 1. The van der Waals surface area contributed by atoms with E-state index in [1.807, 2.05) is 24.3 Å². The first-order chi connectivity index (χ1) is 8.83. The number of nitrogens with two attached hydrogens (primary N) is 1. The highest BCUT2D eigenvalue weighted by Crippen LogP contribution is 2.39. The molecular weight excluding hydrogens is 230 g/mol. The molecule has 1 saturated carbocycles. The Kier molecular flexibility index (Phi) is 2.88. The van der Waals surface area contributed by atoms with Gasteiger partial charge in [0.1, 0.15) is 5.75 Å². The van der Waals surface area contributed by atoms with Crippen molar-refractivity contribution in [1.82, 2.24) is 10.2 Å². The van der Waals surface area contributed by atoms with E-state index in [2.05, 4.69) is 10.2 Å². The number of aromatic nitrogens is 2. The summed E-state index contributed by atoms with van der Waals surface area (Å²) >= 11 is 0. The molecule has 0 atom stereocenters. The number of anilines is 1. The van der Waals surface area contributed by atoms with E-state index in [1.54, 1.807) is 0 Å². The van der Waals surface area contributed by atoms with E-state index in [0.717, 1.165) is 5.89 Å². The van der Waals surface area contributed by atoms with E-state index in [-0.39, 0.29) is 0 Å². The summed E-state index contributed by atoms with van der Waals surface area (Å²) < 4.78 is 11.1.